The van der Waals surface area contributed by atoms with Crippen molar-refractivity contribution in [2.45, 2.75) is 10.1 Å². The zero-order valence-corrected chi connectivity index (χ0v) is 19.5. The molecular formula is C23H16FN5OS3. The molecule has 5 rings (SSSR count). The molecule has 0 aliphatic heterocycles. The van der Waals surface area contributed by atoms with Gasteiger partial charge in [-0.2, -0.15) is 5.10 Å². The molecular weight excluding hydrogens is 477 g/mol. The molecule has 0 radical (unpaired) electrons. The van der Waals surface area contributed by atoms with Crippen LogP contribution in [0.2, 0.25) is 0 Å². The van der Waals surface area contributed by atoms with Crippen LogP contribution >= 0.6 is 34.4 Å². The highest BCUT2D eigenvalue weighted by molar-refractivity contribution is 8.00. The summed E-state index contributed by atoms with van der Waals surface area (Å²) in [4.78, 5) is 14.0. The molecule has 0 aliphatic rings. The maximum Gasteiger partial charge on any atom is 0.261 e. The van der Waals surface area contributed by atoms with E-state index in [9.17, 15) is 9.18 Å². The Morgan fingerprint density at radius 2 is 1.85 bits per heavy atom. The van der Waals surface area contributed by atoms with Gasteiger partial charge in [0.2, 0.25) is 5.13 Å². The van der Waals surface area contributed by atoms with Crippen LogP contribution < -0.4 is 5.32 Å². The van der Waals surface area contributed by atoms with Gasteiger partial charge in [-0.25, -0.2) is 9.07 Å². The van der Waals surface area contributed by atoms with E-state index >= 15 is 0 Å². The lowest BCUT2D eigenvalue weighted by Gasteiger charge is -2.00. The Labute approximate surface area is 201 Å². The molecule has 0 saturated carbocycles. The number of hydrogen-bond acceptors (Lipinski definition) is 7. The van der Waals surface area contributed by atoms with Crippen LogP contribution in [0.5, 0.6) is 0 Å². The maximum absolute atomic E-state index is 13.1. The van der Waals surface area contributed by atoms with E-state index in [-0.39, 0.29) is 11.7 Å². The number of thiophene rings is 1. The number of carbonyl (C=O) groups excluding carboxylic acids is 1. The third-order valence-electron chi connectivity index (χ3n) is 4.64. The summed E-state index contributed by atoms with van der Waals surface area (Å²) in [6, 6.07) is 19.9. The summed E-state index contributed by atoms with van der Waals surface area (Å²) in [7, 11) is 0. The Morgan fingerprint density at radius 3 is 2.61 bits per heavy atom. The number of nitrogens with one attached hydrogen (secondary N) is 1. The van der Waals surface area contributed by atoms with E-state index in [1.165, 1.54) is 46.6 Å². The number of thioether (sulfide) groups is 1. The molecule has 164 valence electrons. The van der Waals surface area contributed by atoms with Crippen LogP contribution in [0.15, 0.2) is 82.6 Å². The first-order chi connectivity index (χ1) is 16.2. The Kier molecular flexibility index (Phi) is 6.29. The van der Waals surface area contributed by atoms with Gasteiger partial charge >= 0.3 is 0 Å². The molecule has 10 heteroatoms. The summed E-state index contributed by atoms with van der Waals surface area (Å²) in [6.07, 6.45) is 1.73. The quantitative estimate of drug-likeness (QED) is 0.218. The minimum atomic E-state index is -0.299. The molecule has 0 bridgehead atoms. The summed E-state index contributed by atoms with van der Waals surface area (Å²) >= 11 is 4.30. The Bertz CT molecular complexity index is 1370. The lowest BCUT2D eigenvalue weighted by molar-refractivity contribution is 0.102. The molecule has 0 unspecified atom stereocenters. The Balaban J connectivity index is 1.33. The van der Waals surface area contributed by atoms with E-state index in [0.29, 0.717) is 26.5 Å². The van der Waals surface area contributed by atoms with Gasteiger partial charge in [0.05, 0.1) is 16.1 Å². The minimum Gasteiger partial charge on any atom is -0.296 e. The van der Waals surface area contributed by atoms with Crippen molar-refractivity contribution < 1.29 is 9.18 Å². The van der Waals surface area contributed by atoms with E-state index in [4.69, 9.17) is 0 Å². The first kappa shape index (κ1) is 21.5. The molecule has 6 nitrogen and oxygen atoms in total. The maximum atomic E-state index is 13.1. The van der Waals surface area contributed by atoms with Gasteiger partial charge in [-0.3, -0.25) is 10.1 Å². The zero-order valence-electron chi connectivity index (χ0n) is 17.0. The number of carbonyl (C=O) groups is 1. The molecule has 0 saturated heterocycles. The van der Waals surface area contributed by atoms with Gasteiger partial charge < -0.3 is 0 Å². The predicted octanol–water partition coefficient (Wildman–Crippen LogP) is 6.14. The van der Waals surface area contributed by atoms with E-state index in [1.807, 2.05) is 47.8 Å². The first-order valence-electron chi connectivity index (χ1n) is 9.87. The normalized spacial score (nSPS) is 10.9. The fraction of sp³-hybridized carbons (Fsp3) is 0.0435. The van der Waals surface area contributed by atoms with Crippen molar-refractivity contribution >= 4 is 45.5 Å². The number of benzene rings is 2. The van der Waals surface area contributed by atoms with Crippen LogP contribution in [0.1, 0.15) is 15.9 Å². The highest BCUT2D eigenvalue weighted by Gasteiger charge is 2.21. The summed E-state index contributed by atoms with van der Waals surface area (Å²) in [5.41, 5.74) is 2.92. The molecule has 3 heterocycles. The van der Waals surface area contributed by atoms with E-state index < -0.39 is 0 Å². The summed E-state index contributed by atoms with van der Waals surface area (Å²) in [5.74, 6) is 0.0730. The van der Waals surface area contributed by atoms with Gasteiger partial charge in [-0.15, -0.1) is 21.5 Å². The van der Waals surface area contributed by atoms with Gasteiger partial charge in [0.25, 0.3) is 5.91 Å². The number of rotatable bonds is 7. The smallest absolute Gasteiger partial charge is 0.261 e. The lowest BCUT2D eigenvalue weighted by Crippen LogP contribution is -2.12. The fourth-order valence-corrected chi connectivity index (χ4v) is 5.48. The Morgan fingerprint density at radius 1 is 1.03 bits per heavy atom. The average molecular weight is 494 g/mol. The number of para-hydroxylation sites is 1. The summed E-state index contributed by atoms with van der Waals surface area (Å²) < 4.78 is 15.5. The largest absolute Gasteiger partial charge is 0.296 e. The fourth-order valence-electron chi connectivity index (χ4n) is 3.06. The number of hydrogen-bond donors (Lipinski definition) is 1. The average Bonchev–Trinajstić information content (AvgIpc) is 3.60. The van der Waals surface area contributed by atoms with Crippen molar-refractivity contribution in [1.82, 2.24) is 20.0 Å². The second-order valence-electron chi connectivity index (χ2n) is 6.89. The van der Waals surface area contributed by atoms with Crippen LogP contribution in [0.4, 0.5) is 9.52 Å². The highest BCUT2D eigenvalue weighted by atomic mass is 32.2. The van der Waals surface area contributed by atoms with E-state index in [1.54, 1.807) is 23.0 Å². The molecule has 0 fully saturated rings. The van der Waals surface area contributed by atoms with Crippen LogP contribution in [0.25, 0.3) is 16.3 Å². The molecule has 0 aliphatic carbocycles. The van der Waals surface area contributed by atoms with Gasteiger partial charge in [-0.1, -0.05) is 59.5 Å². The van der Waals surface area contributed by atoms with Crippen molar-refractivity contribution in [1.29, 1.82) is 0 Å². The number of halogens is 1. The van der Waals surface area contributed by atoms with Crippen LogP contribution in [-0.2, 0) is 5.75 Å². The van der Waals surface area contributed by atoms with Gasteiger partial charge in [0.15, 0.2) is 4.34 Å². The van der Waals surface area contributed by atoms with Crippen LogP contribution in [0.3, 0.4) is 0 Å². The summed E-state index contributed by atoms with van der Waals surface area (Å²) in [6.45, 7) is 0. The minimum absolute atomic E-state index is 0.262. The van der Waals surface area contributed by atoms with Crippen LogP contribution in [-0.4, -0.2) is 25.9 Å². The molecule has 33 heavy (non-hydrogen) atoms. The number of aromatic nitrogens is 4. The molecule has 0 atom stereocenters. The van der Waals surface area contributed by atoms with Crippen molar-refractivity contribution in [3.05, 3.63) is 95.3 Å². The molecule has 5 aromatic rings. The molecule has 1 amide bonds. The van der Waals surface area contributed by atoms with Crippen molar-refractivity contribution in [3.8, 4) is 16.3 Å². The Hall–Kier alpha value is -3.34. The number of anilines is 1. The number of amides is 1. The highest BCUT2D eigenvalue weighted by Crippen LogP contribution is 2.31. The topological polar surface area (TPSA) is 72.7 Å². The van der Waals surface area contributed by atoms with Gasteiger partial charge in [-0.05, 0) is 41.3 Å². The third kappa shape index (κ3) is 5.03. The first-order valence-corrected chi connectivity index (χ1v) is 12.5. The SMILES string of the molecule is O=C(Nc1nnc(SCc2ccc(F)cc2)s1)c1cn(-c2ccccc2)nc1-c1cccs1. The molecule has 1 N–H and O–H groups in total. The van der Waals surface area contributed by atoms with Crippen LogP contribution in [0, 0.1) is 5.82 Å². The molecule has 0 spiro atoms. The zero-order chi connectivity index (χ0) is 22.6. The van der Waals surface area contributed by atoms with E-state index in [2.05, 4.69) is 20.6 Å². The predicted molar refractivity (Wildman–Crippen MR) is 131 cm³/mol. The van der Waals surface area contributed by atoms with E-state index in [0.717, 1.165) is 16.1 Å². The summed E-state index contributed by atoms with van der Waals surface area (Å²) in [5, 5.41) is 18.1. The monoisotopic (exact) mass is 493 g/mol. The van der Waals surface area contributed by atoms with Gasteiger partial charge in [0, 0.05) is 11.9 Å². The van der Waals surface area contributed by atoms with Crippen molar-refractivity contribution in [2.24, 2.45) is 0 Å². The van der Waals surface area contributed by atoms with Gasteiger partial charge in [0.1, 0.15) is 11.5 Å². The van der Waals surface area contributed by atoms with Crippen molar-refractivity contribution in [3.63, 3.8) is 0 Å². The second-order valence-corrected chi connectivity index (χ2v) is 10.0. The lowest BCUT2D eigenvalue weighted by atomic mass is 10.2. The standard InChI is InChI=1S/C23H16FN5OS3/c24-16-10-8-15(9-11-16)14-32-23-27-26-22(33-23)25-21(30)18-13-29(17-5-2-1-3-6-17)28-20(18)19-7-4-12-31-19/h1-13H,14H2,(H,25,26,30). The molecule has 2 aromatic carbocycles. The second kappa shape index (κ2) is 9.65. The molecule has 3 aromatic heterocycles. The third-order valence-corrected chi connectivity index (χ3v) is 7.56. The number of nitrogens with zero attached hydrogens (tertiary/aromatic N) is 4. The van der Waals surface area contributed by atoms with Crippen molar-refractivity contribution in [2.75, 3.05) is 5.32 Å².